The number of aliphatic hydroxyl groups excluding tert-OH is 1. The van der Waals surface area contributed by atoms with Gasteiger partial charge in [-0.25, -0.2) is 0 Å². The van der Waals surface area contributed by atoms with Gasteiger partial charge in [0.2, 0.25) is 0 Å². The summed E-state index contributed by atoms with van der Waals surface area (Å²) in [6, 6.07) is 28.4. The molecule has 0 spiro atoms. The van der Waals surface area contributed by atoms with Crippen LogP contribution in [0.4, 0.5) is 0 Å². The van der Waals surface area contributed by atoms with Gasteiger partial charge >= 0.3 is 0 Å². The van der Waals surface area contributed by atoms with Gasteiger partial charge < -0.3 is 43.6 Å². The maximum Gasteiger partial charge on any atom is 0.127 e. The third-order valence-corrected chi connectivity index (χ3v) is 8.34. The minimum atomic E-state index is -0.707. The number of piperidine rings is 1. The Balaban J connectivity index is 1.21. The second-order valence-corrected chi connectivity index (χ2v) is 11.7. The van der Waals surface area contributed by atoms with Crippen molar-refractivity contribution in [3.05, 3.63) is 102 Å². The van der Waals surface area contributed by atoms with E-state index in [4.69, 9.17) is 33.2 Å². The molecule has 1 unspecified atom stereocenters. The molecule has 9 heteroatoms. The topological polar surface area (TPSA) is 96.9 Å². The molecule has 4 aromatic rings. The van der Waals surface area contributed by atoms with Gasteiger partial charge in [-0.15, -0.1) is 0 Å². The van der Waals surface area contributed by atoms with E-state index in [1.54, 1.807) is 21.3 Å². The highest BCUT2D eigenvalue weighted by molar-refractivity contribution is 5.89. The molecule has 1 aliphatic heterocycles. The lowest BCUT2D eigenvalue weighted by molar-refractivity contribution is -0.0856. The van der Waals surface area contributed by atoms with E-state index in [1.807, 2.05) is 54.6 Å². The predicted octanol–water partition coefficient (Wildman–Crippen LogP) is 5.51. The van der Waals surface area contributed by atoms with E-state index < -0.39 is 6.10 Å². The Kier molecular flexibility index (Phi) is 13.3. The van der Waals surface area contributed by atoms with Gasteiger partial charge in [-0.05, 0) is 46.8 Å². The van der Waals surface area contributed by atoms with Gasteiger partial charge in [-0.2, -0.15) is 0 Å². The number of para-hydroxylation sites is 1. The molecule has 0 aromatic heterocycles. The Morgan fingerprint density at radius 3 is 2.30 bits per heavy atom. The summed E-state index contributed by atoms with van der Waals surface area (Å²) >= 11 is 0. The minimum absolute atomic E-state index is 0.0641. The summed E-state index contributed by atoms with van der Waals surface area (Å²) < 4.78 is 40.9. The first-order chi connectivity index (χ1) is 23.1. The molecule has 0 amide bonds. The van der Waals surface area contributed by atoms with Crippen LogP contribution in [0.25, 0.3) is 10.8 Å². The number of fused-ring (bicyclic) bond motifs is 1. The molecule has 4 atom stereocenters. The number of hydrogen-bond donors (Lipinski definition) is 2. The fourth-order valence-electron chi connectivity index (χ4n) is 6.02. The predicted molar refractivity (Wildman–Crippen MR) is 182 cm³/mol. The van der Waals surface area contributed by atoms with Gasteiger partial charge in [0, 0.05) is 43.5 Å². The Bertz CT molecular complexity index is 1510. The number of aliphatic hydroxyl groups is 1. The standard InChI is InChI=1S/C38H47NO8/c1-41-25-31(40)26-47-37-22-39-21-36(46-23-27-19-29-9-4-6-11-33(29)35(20-27)43-3)38(37)28-13-15-32(16-14-28)45-18-8-17-44-24-30-10-5-7-12-34(30)42-2/h4-7,9-16,19-20,31,36-40H,8,17-18,21-26H2,1-3H3/t31-,36+,37-,38?/m1/s1. The summed E-state index contributed by atoms with van der Waals surface area (Å²) in [4.78, 5) is 0. The van der Waals surface area contributed by atoms with Crippen LogP contribution in [-0.4, -0.2) is 84.3 Å². The van der Waals surface area contributed by atoms with Crippen LogP contribution in [0.15, 0.2) is 84.9 Å². The molecule has 0 radical (unpaired) electrons. The molecule has 0 bridgehead atoms. The van der Waals surface area contributed by atoms with Gasteiger partial charge in [0.25, 0.3) is 0 Å². The zero-order valence-electron chi connectivity index (χ0n) is 27.6. The van der Waals surface area contributed by atoms with Crippen molar-refractivity contribution in [1.29, 1.82) is 0 Å². The van der Waals surface area contributed by atoms with Crippen LogP contribution in [0.5, 0.6) is 17.2 Å². The molecule has 4 aromatic carbocycles. The van der Waals surface area contributed by atoms with Gasteiger partial charge in [-0.1, -0.05) is 54.6 Å². The van der Waals surface area contributed by atoms with Crippen molar-refractivity contribution in [3.63, 3.8) is 0 Å². The van der Waals surface area contributed by atoms with Crippen LogP contribution in [0.3, 0.4) is 0 Å². The first kappa shape index (κ1) is 34.6. The summed E-state index contributed by atoms with van der Waals surface area (Å²) in [6.07, 6.45) is -0.321. The maximum atomic E-state index is 10.3. The average molecular weight is 646 g/mol. The van der Waals surface area contributed by atoms with E-state index in [1.165, 1.54) is 0 Å². The molecule has 1 aliphatic rings. The molecule has 1 fully saturated rings. The van der Waals surface area contributed by atoms with Crippen LogP contribution < -0.4 is 19.5 Å². The number of nitrogens with one attached hydrogen (secondary N) is 1. The molecule has 5 rings (SSSR count). The molecule has 0 aliphatic carbocycles. The number of methoxy groups -OCH3 is 3. The molecule has 1 heterocycles. The fraction of sp³-hybridized carbons (Fsp3) is 0.421. The Morgan fingerprint density at radius 1 is 0.766 bits per heavy atom. The van der Waals surface area contributed by atoms with E-state index in [0.717, 1.165) is 51.1 Å². The first-order valence-electron chi connectivity index (χ1n) is 16.2. The molecule has 2 N–H and O–H groups in total. The normalized spacial score (nSPS) is 18.6. The second-order valence-electron chi connectivity index (χ2n) is 11.7. The van der Waals surface area contributed by atoms with E-state index in [0.29, 0.717) is 39.5 Å². The number of rotatable bonds is 18. The van der Waals surface area contributed by atoms with E-state index in [-0.39, 0.29) is 31.3 Å². The van der Waals surface area contributed by atoms with Crippen molar-refractivity contribution in [3.8, 4) is 17.2 Å². The van der Waals surface area contributed by atoms with Gasteiger partial charge in [0.05, 0.1) is 66.1 Å². The monoisotopic (exact) mass is 645 g/mol. The zero-order chi connectivity index (χ0) is 32.8. The van der Waals surface area contributed by atoms with Crippen molar-refractivity contribution < 1.29 is 38.3 Å². The molecule has 1 saturated heterocycles. The minimum Gasteiger partial charge on any atom is -0.496 e. The lowest BCUT2D eigenvalue weighted by Gasteiger charge is -2.39. The maximum absolute atomic E-state index is 10.3. The van der Waals surface area contributed by atoms with Crippen molar-refractivity contribution in [1.82, 2.24) is 5.32 Å². The molecule has 0 saturated carbocycles. The first-order valence-corrected chi connectivity index (χ1v) is 16.2. The molecule has 9 nitrogen and oxygen atoms in total. The highest BCUT2D eigenvalue weighted by atomic mass is 16.5. The van der Waals surface area contributed by atoms with E-state index >= 15 is 0 Å². The number of hydrogen-bond acceptors (Lipinski definition) is 9. The average Bonchev–Trinajstić information content (AvgIpc) is 3.11. The van der Waals surface area contributed by atoms with Crippen LogP contribution >= 0.6 is 0 Å². The summed E-state index contributed by atoms with van der Waals surface area (Å²) in [6.45, 7) is 3.74. The largest absolute Gasteiger partial charge is 0.496 e. The SMILES string of the molecule is COC[C@@H](O)CO[C@@H]1CNC[C@H](OCc2cc(OC)c3ccccc3c2)C1c1ccc(OCCCOCc2ccccc2OC)cc1. The van der Waals surface area contributed by atoms with Crippen LogP contribution in [0.1, 0.15) is 29.0 Å². The Morgan fingerprint density at radius 2 is 1.51 bits per heavy atom. The lowest BCUT2D eigenvalue weighted by atomic mass is 9.85. The van der Waals surface area contributed by atoms with Crippen molar-refractivity contribution in [2.75, 3.05) is 60.8 Å². The highest BCUT2D eigenvalue weighted by Gasteiger charge is 2.36. The van der Waals surface area contributed by atoms with Crippen molar-refractivity contribution in [2.24, 2.45) is 0 Å². The smallest absolute Gasteiger partial charge is 0.127 e. The lowest BCUT2D eigenvalue weighted by Crippen LogP contribution is -2.51. The Labute approximate surface area is 277 Å². The second kappa shape index (κ2) is 18.0. The molecular formula is C38H47NO8. The van der Waals surface area contributed by atoms with Gasteiger partial charge in [-0.3, -0.25) is 0 Å². The molecule has 252 valence electrons. The zero-order valence-corrected chi connectivity index (χ0v) is 27.6. The summed E-state index contributed by atoms with van der Waals surface area (Å²) in [7, 11) is 4.93. The molecule has 47 heavy (non-hydrogen) atoms. The van der Waals surface area contributed by atoms with Crippen LogP contribution in [0, 0.1) is 0 Å². The Hall–Kier alpha value is -3.70. The number of benzene rings is 4. The van der Waals surface area contributed by atoms with Gasteiger partial charge in [0.15, 0.2) is 0 Å². The molecular weight excluding hydrogens is 598 g/mol. The van der Waals surface area contributed by atoms with Crippen LogP contribution in [-0.2, 0) is 32.2 Å². The highest BCUT2D eigenvalue weighted by Crippen LogP contribution is 2.33. The third kappa shape index (κ3) is 9.67. The van der Waals surface area contributed by atoms with Crippen molar-refractivity contribution in [2.45, 2.75) is 43.9 Å². The van der Waals surface area contributed by atoms with E-state index in [2.05, 4.69) is 35.6 Å². The quantitative estimate of drug-likeness (QED) is 0.136. The summed E-state index contributed by atoms with van der Waals surface area (Å²) in [5, 5.41) is 15.9. The third-order valence-electron chi connectivity index (χ3n) is 8.34. The van der Waals surface area contributed by atoms with Crippen molar-refractivity contribution >= 4 is 10.8 Å². The van der Waals surface area contributed by atoms with E-state index in [9.17, 15) is 5.11 Å². The summed E-state index contributed by atoms with van der Waals surface area (Å²) in [5.74, 6) is 2.39. The van der Waals surface area contributed by atoms with Crippen LogP contribution in [0.2, 0.25) is 0 Å². The fourth-order valence-corrected chi connectivity index (χ4v) is 6.02. The summed E-state index contributed by atoms with van der Waals surface area (Å²) in [5.41, 5.74) is 3.15. The number of ether oxygens (including phenoxy) is 7. The van der Waals surface area contributed by atoms with Gasteiger partial charge in [0.1, 0.15) is 23.4 Å².